The number of nitrogens with one attached hydrogen (secondary N) is 1. The Hall–Kier alpha value is -0.840. The average molecular weight is 293 g/mol. The van der Waals surface area contributed by atoms with Crippen LogP contribution in [0.2, 0.25) is 5.02 Å². The molecule has 0 spiro atoms. The fourth-order valence-electron chi connectivity index (χ4n) is 1.84. The molecule has 0 atom stereocenters. The second kappa shape index (κ2) is 5.87. The predicted molar refractivity (Wildman–Crippen MR) is 71.8 cm³/mol. The van der Waals surface area contributed by atoms with E-state index in [0.29, 0.717) is 6.54 Å². The zero-order valence-electron chi connectivity index (χ0n) is 9.71. The van der Waals surface area contributed by atoms with E-state index in [1.165, 1.54) is 12.1 Å². The van der Waals surface area contributed by atoms with E-state index in [1.54, 1.807) is 6.07 Å². The Kier molecular flexibility index (Phi) is 4.96. The summed E-state index contributed by atoms with van der Waals surface area (Å²) in [5, 5.41) is 2.59. The van der Waals surface area contributed by atoms with Crippen LogP contribution in [0.1, 0.15) is 29.6 Å². The van der Waals surface area contributed by atoms with Crippen molar-refractivity contribution in [3.05, 3.63) is 34.6 Å². The van der Waals surface area contributed by atoms with Crippen LogP contribution < -0.4 is 11.1 Å². The number of rotatable bonds is 3. The standard InChI is InChI=1S/C12H14ClFN2O.ClH/c13-9-4-1-3-8(10(9)14)11(17)16-7-12(15)5-2-6-12;/h1,3-4H,2,5-7,15H2,(H,16,17);1H. The summed E-state index contributed by atoms with van der Waals surface area (Å²) in [6.07, 6.45) is 2.87. The second-order valence-electron chi connectivity index (χ2n) is 4.50. The molecule has 6 heteroatoms. The lowest BCUT2D eigenvalue weighted by molar-refractivity contribution is 0.0925. The lowest BCUT2D eigenvalue weighted by Crippen LogP contribution is -2.55. The largest absolute Gasteiger partial charge is 0.350 e. The van der Waals surface area contributed by atoms with Crippen molar-refractivity contribution >= 4 is 29.9 Å². The van der Waals surface area contributed by atoms with Crippen molar-refractivity contribution in [3.8, 4) is 0 Å². The number of carbonyl (C=O) groups excluding carboxylic acids is 1. The normalized spacial score (nSPS) is 16.4. The van der Waals surface area contributed by atoms with E-state index in [0.717, 1.165) is 19.3 Å². The highest BCUT2D eigenvalue weighted by Gasteiger charge is 2.32. The molecule has 1 fully saturated rings. The van der Waals surface area contributed by atoms with Gasteiger partial charge in [0.15, 0.2) is 5.82 Å². The van der Waals surface area contributed by atoms with E-state index < -0.39 is 11.7 Å². The third kappa shape index (κ3) is 3.13. The van der Waals surface area contributed by atoms with E-state index in [4.69, 9.17) is 17.3 Å². The number of hydrogen-bond acceptors (Lipinski definition) is 2. The molecular weight excluding hydrogens is 278 g/mol. The summed E-state index contributed by atoms with van der Waals surface area (Å²) in [4.78, 5) is 11.7. The molecule has 2 rings (SSSR count). The molecule has 0 unspecified atom stereocenters. The third-order valence-corrected chi connectivity index (χ3v) is 3.44. The van der Waals surface area contributed by atoms with Crippen LogP contribution in [-0.4, -0.2) is 18.0 Å². The Bertz CT molecular complexity index is 450. The van der Waals surface area contributed by atoms with Gasteiger partial charge < -0.3 is 11.1 Å². The first-order chi connectivity index (χ1) is 8.02. The van der Waals surface area contributed by atoms with E-state index in [-0.39, 0.29) is 28.5 Å². The fraction of sp³-hybridized carbons (Fsp3) is 0.417. The van der Waals surface area contributed by atoms with Gasteiger partial charge in [0.2, 0.25) is 0 Å². The van der Waals surface area contributed by atoms with Gasteiger partial charge in [-0.3, -0.25) is 4.79 Å². The molecule has 1 amide bonds. The van der Waals surface area contributed by atoms with Gasteiger partial charge in [-0.15, -0.1) is 12.4 Å². The Morgan fingerprint density at radius 3 is 2.72 bits per heavy atom. The average Bonchev–Trinajstić information content (AvgIpc) is 2.27. The van der Waals surface area contributed by atoms with Gasteiger partial charge in [-0.05, 0) is 31.4 Å². The van der Waals surface area contributed by atoms with Gasteiger partial charge in [-0.2, -0.15) is 0 Å². The molecule has 1 aliphatic rings. The number of carbonyl (C=O) groups is 1. The van der Waals surface area contributed by atoms with Crippen LogP contribution in [0.25, 0.3) is 0 Å². The summed E-state index contributed by atoms with van der Waals surface area (Å²) in [6, 6.07) is 4.35. The van der Waals surface area contributed by atoms with E-state index in [2.05, 4.69) is 5.32 Å². The molecule has 1 aromatic carbocycles. The number of hydrogen-bond donors (Lipinski definition) is 2. The second-order valence-corrected chi connectivity index (χ2v) is 4.91. The lowest BCUT2D eigenvalue weighted by atomic mass is 9.78. The van der Waals surface area contributed by atoms with Crippen LogP contribution in [0.4, 0.5) is 4.39 Å². The van der Waals surface area contributed by atoms with Gasteiger partial charge in [-0.1, -0.05) is 17.7 Å². The van der Waals surface area contributed by atoms with Crippen LogP contribution in [0.3, 0.4) is 0 Å². The van der Waals surface area contributed by atoms with Gasteiger partial charge >= 0.3 is 0 Å². The molecular formula is C12H15Cl2FN2O. The van der Waals surface area contributed by atoms with Gasteiger partial charge in [0.05, 0.1) is 10.6 Å². The molecule has 3 N–H and O–H groups in total. The molecule has 18 heavy (non-hydrogen) atoms. The summed E-state index contributed by atoms with van der Waals surface area (Å²) in [5.74, 6) is -1.16. The molecule has 100 valence electrons. The van der Waals surface area contributed by atoms with Crippen LogP contribution in [0.5, 0.6) is 0 Å². The van der Waals surface area contributed by atoms with Crippen molar-refractivity contribution in [2.24, 2.45) is 5.73 Å². The van der Waals surface area contributed by atoms with Crippen LogP contribution in [0.15, 0.2) is 18.2 Å². The fourth-order valence-corrected chi connectivity index (χ4v) is 2.01. The molecule has 0 heterocycles. The Morgan fingerprint density at radius 2 is 2.17 bits per heavy atom. The predicted octanol–water partition coefficient (Wildman–Crippen LogP) is 2.51. The number of nitrogens with two attached hydrogens (primary N) is 1. The zero-order valence-corrected chi connectivity index (χ0v) is 11.3. The monoisotopic (exact) mass is 292 g/mol. The van der Waals surface area contributed by atoms with Crippen molar-refractivity contribution in [2.75, 3.05) is 6.54 Å². The number of halogens is 3. The molecule has 1 aliphatic carbocycles. The van der Waals surface area contributed by atoms with Crippen LogP contribution in [-0.2, 0) is 0 Å². The maximum atomic E-state index is 13.5. The lowest BCUT2D eigenvalue weighted by Gasteiger charge is -2.38. The molecule has 0 aliphatic heterocycles. The van der Waals surface area contributed by atoms with Crippen LogP contribution >= 0.6 is 24.0 Å². The molecule has 0 saturated heterocycles. The van der Waals surface area contributed by atoms with Crippen molar-refractivity contribution in [3.63, 3.8) is 0 Å². The molecule has 0 radical (unpaired) electrons. The molecule has 0 aromatic heterocycles. The Balaban J connectivity index is 0.00000162. The van der Waals surface area contributed by atoms with Crippen LogP contribution in [0, 0.1) is 5.82 Å². The summed E-state index contributed by atoms with van der Waals surface area (Å²) in [7, 11) is 0. The highest BCUT2D eigenvalue weighted by molar-refractivity contribution is 6.31. The highest BCUT2D eigenvalue weighted by atomic mass is 35.5. The molecule has 1 saturated carbocycles. The molecule has 3 nitrogen and oxygen atoms in total. The minimum atomic E-state index is -0.689. The quantitative estimate of drug-likeness (QED) is 0.899. The van der Waals surface area contributed by atoms with Gasteiger partial charge in [0.1, 0.15) is 0 Å². The van der Waals surface area contributed by atoms with Crippen molar-refractivity contribution < 1.29 is 9.18 Å². The first-order valence-electron chi connectivity index (χ1n) is 5.53. The van der Waals surface area contributed by atoms with E-state index in [1.807, 2.05) is 0 Å². The highest BCUT2D eigenvalue weighted by Crippen LogP contribution is 2.28. The minimum absolute atomic E-state index is 0. The minimum Gasteiger partial charge on any atom is -0.350 e. The van der Waals surface area contributed by atoms with Crippen molar-refractivity contribution in [1.82, 2.24) is 5.32 Å². The van der Waals surface area contributed by atoms with Gasteiger partial charge in [0, 0.05) is 12.1 Å². The topological polar surface area (TPSA) is 55.1 Å². The smallest absolute Gasteiger partial charge is 0.254 e. The Morgan fingerprint density at radius 1 is 1.50 bits per heavy atom. The summed E-state index contributed by atoms with van der Waals surface area (Å²) >= 11 is 5.61. The van der Waals surface area contributed by atoms with E-state index >= 15 is 0 Å². The molecule has 0 bridgehead atoms. The third-order valence-electron chi connectivity index (χ3n) is 3.15. The summed E-state index contributed by atoms with van der Waals surface area (Å²) < 4.78 is 13.5. The van der Waals surface area contributed by atoms with Crippen molar-refractivity contribution in [2.45, 2.75) is 24.8 Å². The Labute approximate surface area is 116 Å². The first-order valence-corrected chi connectivity index (χ1v) is 5.91. The maximum Gasteiger partial charge on any atom is 0.254 e. The SMILES string of the molecule is Cl.NC1(CNC(=O)c2cccc(Cl)c2F)CCC1. The first kappa shape index (κ1) is 15.2. The summed E-state index contributed by atoms with van der Waals surface area (Å²) in [5.41, 5.74) is 5.61. The molecule has 1 aromatic rings. The summed E-state index contributed by atoms with van der Waals surface area (Å²) in [6.45, 7) is 0.373. The number of amides is 1. The van der Waals surface area contributed by atoms with Gasteiger partial charge in [0.25, 0.3) is 5.91 Å². The van der Waals surface area contributed by atoms with Gasteiger partial charge in [-0.25, -0.2) is 4.39 Å². The van der Waals surface area contributed by atoms with E-state index in [9.17, 15) is 9.18 Å². The maximum absolute atomic E-state index is 13.5. The van der Waals surface area contributed by atoms with Crippen molar-refractivity contribution in [1.29, 1.82) is 0 Å². The number of benzene rings is 1. The zero-order chi connectivity index (χ0) is 12.5.